The lowest BCUT2D eigenvalue weighted by Gasteiger charge is -2.10. The van der Waals surface area contributed by atoms with E-state index in [9.17, 15) is 14.0 Å². The Bertz CT molecular complexity index is 736. The first-order valence-electron chi connectivity index (χ1n) is 5.67. The van der Waals surface area contributed by atoms with E-state index < -0.39 is 17.7 Å². The third-order valence-electron chi connectivity index (χ3n) is 2.63. The van der Waals surface area contributed by atoms with Gasteiger partial charge in [0, 0.05) is 8.04 Å². The van der Waals surface area contributed by atoms with E-state index in [4.69, 9.17) is 5.11 Å². The van der Waals surface area contributed by atoms with Crippen molar-refractivity contribution in [2.75, 3.05) is 5.32 Å². The summed E-state index contributed by atoms with van der Waals surface area (Å²) in [7, 11) is 0. The second-order valence-electron chi connectivity index (χ2n) is 4.07. The zero-order valence-corrected chi connectivity index (χ0v) is 14.1. The van der Waals surface area contributed by atoms with E-state index in [-0.39, 0.29) is 11.3 Å². The molecule has 1 amide bonds. The van der Waals surface area contributed by atoms with Gasteiger partial charge in [-0.25, -0.2) is 9.18 Å². The van der Waals surface area contributed by atoms with Gasteiger partial charge in [-0.3, -0.25) is 4.79 Å². The molecule has 2 rings (SSSR count). The largest absolute Gasteiger partial charge is 0.478 e. The van der Waals surface area contributed by atoms with Crippen LogP contribution in [0.25, 0.3) is 0 Å². The second-order valence-corrected chi connectivity index (χ2v) is 6.15. The predicted molar refractivity (Wildman–Crippen MR) is 88.2 cm³/mol. The van der Waals surface area contributed by atoms with Crippen LogP contribution >= 0.6 is 38.5 Å². The first-order valence-corrected chi connectivity index (χ1v) is 7.55. The summed E-state index contributed by atoms with van der Waals surface area (Å²) in [6.45, 7) is 0. The molecule has 0 spiro atoms. The smallest absolute Gasteiger partial charge is 0.337 e. The Morgan fingerprint density at radius 1 is 1.14 bits per heavy atom. The molecule has 0 bridgehead atoms. The molecule has 4 nitrogen and oxygen atoms in total. The van der Waals surface area contributed by atoms with Gasteiger partial charge in [0.2, 0.25) is 0 Å². The van der Waals surface area contributed by atoms with Crippen LogP contribution in [-0.4, -0.2) is 17.0 Å². The van der Waals surface area contributed by atoms with Gasteiger partial charge in [0.1, 0.15) is 5.82 Å². The van der Waals surface area contributed by atoms with Crippen molar-refractivity contribution >= 4 is 56.1 Å². The lowest BCUT2D eigenvalue weighted by molar-refractivity contribution is 0.0698. The number of hydrogen-bond donors (Lipinski definition) is 2. The van der Waals surface area contributed by atoms with Gasteiger partial charge in [-0.1, -0.05) is 15.9 Å². The second kappa shape index (κ2) is 6.52. The summed E-state index contributed by atoms with van der Waals surface area (Å²) in [6, 6.07) is 8.25. The molecule has 0 heterocycles. The molecule has 0 aliphatic carbocycles. The normalized spacial score (nSPS) is 10.2. The highest BCUT2D eigenvalue weighted by Gasteiger charge is 2.16. The summed E-state index contributed by atoms with van der Waals surface area (Å²) in [5.74, 6) is -2.37. The van der Waals surface area contributed by atoms with Gasteiger partial charge in [0.05, 0.1) is 16.8 Å². The van der Waals surface area contributed by atoms with Crippen LogP contribution < -0.4 is 5.32 Å². The summed E-state index contributed by atoms with van der Waals surface area (Å²) in [4.78, 5) is 23.3. The summed E-state index contributed by atoms with van der Waals surface area (Å²) in [5, 5.41) is 11.5. The molecule has 2 aromatic rings. The average Bonchev–Trinajstić information content (AvgIpc) is 2.41. The van der Waals surface area contributed by atoms with Gasteiger partial charge in [-0.15, -0.1) is 0 Å². The summed E-state index contributed by atoms with van der Waals surface area (Å²) < 4.78 is 14.7. The van der Waals surface area contributed by atoms with Gasteiger partial charge in [0.15, 0.2) is 0 Å². The molecular weight excluding hydrogens is 456 g/mol. The molecular formula is C14H8BrFINO3. The lowest BCUT2D eigenvalue weighted by Crippen LogP contribution is -2.16. The third kappa shape index (κ3) is 3.79. The molecule has 0 saturated heterocycles. The van der Waals surface area contributed by atoms with Crippen LogP contribution in [0.3, 0.4) is 0 Å². The molecule has 7 heteroatoms. The first-order chi connectivity index (χ1) is 9.88. The number of nitrogens with one attached hydrogen (secondary N) is 1. The van der Waals surface area contributed by atoms with Gasteiger partial charge >= 0.3 is 5.97 Å². The molecule has 21 heavy (non-hydrogen) atoms. The number of carboxylic acids is 1. The van der Waals surface area contributed by atoms with Crippen LogP contribution in [0.5, 0.6) is 0 Å². The maximum Gasteiger partial charge on any atom is 0.337 e. The van der Waals surface area contributed by atoms with E-state index >= 15 is 0 Å². The fourth-order valence-corrected chi connectivity index (χ4v) is 2.61. The Balaban J connectivity index is 2.38. The molecule has 0 aromatic heterocycles. The monoisotopic (exact) mass is 463 g/mol. The SMILES string of the molecule is O=C(Nc1cc(F)ccc1C(=O)O)c1cc(Br)ccc1I. The zero-order chi connectivity index (χ0) is 15.6. The molecule has 2 aromatic carbocycles. The van der Waals surface area contributed by atoms with Crippen LogP contribution in [0, 0.1) is 9.39 Å². The fourth-order valence-electron chi connectivity index (χ4n) is 1.67. The molecule has 0 aliphatic heterocycles. The Labute approximate surface area is 141 Å². The van der Waals surface area contributed by atoms with Crippen LogP contribution in [0.15, 0.2) is 40.9 Å². The van der Waals surface area contributed by atoms with Crippen molar-refractivity contribution in [1.29, 1.82) is 0 Å². The van der Waals surface area contributed by atoms with E-state index in [0.29, 0.717) is 13.6 Å². The quantitative estimate of drug-likeness (QED) is 0.672. The maximum absolute atomic E-state index is 13.3. The van der Waals surface area contributed by atoms with Gasteiger partial charge in [-0.2, -0.15) is 0 Å². The highest BCUT2D eigenvalue weighted by Crippen LogP contribution is 2.22. The van der Waals surface area contributed by atoms with E-state index in [2.05, 4.69) is 21.2 Å². The minimum absolute atomic E-state index is 0.0803. The topological polar surface area (TPSA) is 66.4 Å². The molecule has 0 unspecified atom stereocenters. The van der Waals surface area contributed by atoms with Crippen LogP contribution in [0.1, 0.15) is 20.7 Å². The Morgan fingerprint density at radius 2 is 1.86 bits per heavy atom. The molecule has 0 saturated carbocycles. The first kappa shape index (κ1) is 15.9. The molecule has 2 N–H and O–H groups in total. The highest BCUT2D eigenvalue weighted by molar-refractivity contribution is 14.1. The van der Waals surface area contributed by atoms with E-state index in [1.165, 1.54) is 0 Å². The number of benzene rings is 2. The van der Waals surface area contributed by atoms with Gasteiger partial charge in [-0.05, 0) is 59.0 Å². The van der Waals surface area contributed by atoms with Gasteiger partial charge in [0.25, 0.3) is 5.91 Å². The molecule has 0 aliphatic rings. The number of hydrogen-bond acceptors (Lipinski definition) is 2. The summed E-state index contributed by atoms with van der Waals surface area (Å²) in [5.41, 5.74) is 0.114. The van der Waals surface area contributed by atoms with Crippen molar-refractivity contribution in [3.05, 3.63) is 61.4 Å². The van der Waals surface area contributed by atoms with Gasteiger partial charge < -0.3 is 10.4 Å². The maximum atomic E-state index is 13.3. The third-order valence-corrected chi connectivity index (χ3v) is 4.07. The lowest BCUT2D eigenvalue weighted by atomic mass is 10.1. The summed E-state index contributed by atoms with van der Waals surface area (Å²) >= 11 is 5.25. The highest BCUT2D eigenvalue weighted by atomic mass is 127. The minimum Gasteiger partial charge on any atom is -0.478 e. The molecule has 0 fully saturated rings. The Kier molecular flexibility index (Phi) is 4.94. The minimum atomic E-state index is -1.24. The van der Waals surface area contributed by atoms with Crippen molar-refractivity contribution in [1.82, 2.24) is 0 Å². The molecule has 0 radical (unpaired) electrons. The standard InChI is InChI=1S/C14H8BrFINO3/c15-7-1-4-11(17)10(5-7)13(19)18-12-6-8(16)2-3-9(12)14(20)21/h1-6H,(H,18,19)(H,20,21). The number of carboxylic acid groups (broad SMARTS) is 1. The van der Waals surface area contributed by atoms with E-state index in [0.717, 1.165) is 18.2 Å². The van der Waals surface area contributed by atoms with E-state index in [1.807, 2.05) is 22.6 Å². The number of anilines is 1. The van der Waals surface area contributed by atoms with Crippen molar-refractivity contribution in [2.45, 2.75) is 0 Å². The number of rotatable bonds is 3. The van der Waals surface area contributed by atoms with Crippen molar-refractivity contribution in [2.24, 2.45) is 0 Å². The predicted octanol–water partition coefficient (Wildman–Crippen LogP) is 4.14. The van der Waals surface area contributed by atoms with Crippen LogP contribution in [-0.2, 0) is 0 Å². The zero-order valence-electron chi connectivity index (χ0n) is 10.4. The summed E-state index contributed by atoms with van der Waals surface area (Å²) in [6.07, 6.45) is 0. The Morgan fingerprint density at radius 3 is 2.52 bits per heavy atom. The van der Waals surface area contributed by atoms with Crippen molar-refractivity contribution in [3.63, 3.8) is 0 Å². The number of aromatic carboxylic acids is 1. The van der Waals surface area contributed by atoms with Crippen molar-refractivity contribution in [3.8, 4) is 0 Å². The van der Waals surface area contributed by atoms with Crippen LogP contribution in [0.2, 0.25) is 0 Å². The number of carbonyl (C=O) groups is 2. The number of halogens is 3. The van der Waals surface area contributed by atoms with Crippen molar-refractivity contribution < 1.29 is 19.1 Å². The van der Waals surface area contributed by atoms with E-state index in [1.54, 1.807) is 18.2 Å². The fraction of sp³-hybridized carbons (Fsp3) is 0. The number of carbonyl (C=O) groups excluding carboxylic acids is 1. The van der Waals surface area contributed by atoms with Crippen LogP contribution in [0.4, 0.5) is 10.1 Å². The molecule has 0 atom stereocenters. The molecule has 108 valence electrons. The average molecular weight is 464 g/mol. The number of amides is 1. The Hall–Kier alpha value is -1.48.